The van der Waals surface area contributed by atoms with Gasteiger partial charge in [-0.1, -0.05) is 23.8 Å². The molecular weight excluding hydrogens is 449 g/mol. The molecule has 0 radical (unpaired) electrons. The van der Waals surface area contributed by atoms with E-state index in [1.165, 1.54) is 41.7 Å². The molecule has 4 aromatic rings. The van der Waals surface area contributed by atoms with E-state index in [-0.39, 0.29) is 22.0 Å². The van der Waals surface area contributed by atoms with Crippen LogP contribution in [0, 0.1) is 12.7 Å². The molecule has 0 saturated heterocycles. The van der Waals surface area contributed by atoms with Crippen molar-refractivity contribution in [3.05, 3.63) is 95.1 Å². The summed E-state index contributed by atoms with van der Waals surface area (Å²) in [6.45, 7) is 1.87. The molecule has 162 valence electrons. The van der Waals surface area contributed by atoms with Crippen LogP contribution in [0.15, 0.2) is 83.1 Å². The lowest BCUT2D eigenvalue weighted by Gasteiger charge is -2.10. The Morgan fingerprint density at radius 2 is 1.72 bits per heavy atom. The summed E-state index contributed by atoms with van der Waals surface area (Å²) < 4.78 is 40.8. The van der Waals surface area contributed by atoms with E-state index in [0.29, 0.717) is 10.8 Å². The molecule has 0 bridgehead atoms. The number of aromatic nitrogens is 1. The van der Waals surface area contributed by atoms with Gasteiger partial charge in [0, 0.05) is 22.2 Å². The summed E-state index contributed by atoms with van der Waals surface area (Å²) in [4.78, 5) is 17.1. The van der Waals surface area contributed by atoms with Gasteiger partial charge in [0.2, 0.25) is 0 Å². The van der Waals surface area contributed by atoms with Crippen LogP contribution < -0.4 is 10.0 Å². The highest BCUT2D eigenvalue weighted by Gasteiger charge is 2.16. The Morgan fingerprint density at radius 3 is 2.44 bits per heavy atom. The predicted molar refractivity (Wildman–Crippen MR) is 124 cm³/mol. The number of hydrogen-bond acceptors (Lipinski definition) is 5. The van der Waals surface area contributed by atoms with Gasteiger partial charge in [0.05, 0.1) is 10.6 Å². The van der Waals surface area contributed by atoms with Gasteiger partial charge in [-0.05, 0) is 61.5 Å². The van der Waals surface area contributed by atoms with Gasteiger partial charge in [-0.25, -0.2) is 17.8 Å². The molecule has 0 fully saturated rings. The number of nitrogens with zero attached hydrogens (tertiary/aromatic N) is 1. The van der Waals surface area contributed by atoms with Crippen LogP contribution in [0.2, 0.25) is 0 Å². The van der Waals surface area contributed by atoms with Crippen LogP contribution in [-0.4, -0.2) is 19.3 Å². The molecule has 4 rings (SSSR count). The summed E-state index contributed by atoms with van der Waals surface area (Å²) in [5.74, 6) is -0.767. The number of rotatable bonds is 6. The molecule has 9 heteroatoms. The molecular formula is C23H18FN3O3S2. The first-order chi connectivity index (χ1) is 15.3. The van der Waals surface area contributed by atoms with Crippen LogP contribution in [0.5, 0.6) is 0 Å². The van der Waals surface area contributed by atoms with E-state index >= 15 is 0 Å². The zero-order valence-electron chi connectivity index (χ0n) is 16.9. The molecule has 1 aromatic heterocycles. The van der Waals surface area contributed by atoms with Crippen molar-refractivity contribution in [1.29, 1.82) is 0 Å². The van der Waals surface area contributed by atoms with E-state index in [1.54, 1.807) is 47.8 Å². The average molecular weight is 468 g/mol. The van der Waals surface area contributed by atoms with Gasteiger partial charge in [-0.2, -0.15) is 0 Å². The zero-order chi connectivity index (χ0) is 22.7. The lowest BCUT2D eigenvalue weighted by molar-refractivity contribution is 0.102. The second-order valence-corrected chi connectivity index (χ2v) is 9.54. The Hall–Kier alpha value is -3.56. The Morgan fingerprint density at radius 1 is 1.00 bits per heavy atom. The minimum atomic E-state index is -3.78. The molecule has 0 atom stereocenters. The summed E-state index contributed by atoms with van der Waals surface area (Å²) in [6, 6.07) is 18.6. The maximum Gasteiger partial charge on any atom is 0.261 e. The number of sulfonamides is 1. The Bertz CT molecular complexity index is 1370. The zero-order valence-corrected chi connectivity index (χ0v) is 18.5. The second kappa shape index (κ2) is 8.89. The maximum atomic E-state index is 13.1. The minimum absolute atomic E-state index is 0.133. The molecule has 1 amide bonds. The Kier molecular flexibility index (Phi) is 6.02. The SMILES string of the molecule is Cc1ccc(S(=O)(=O)Nc2cccc(C(=O)Nc3nc(-c4ccc(F)cc4)cs3)c2)cc1. The van der Waals surface area contributed by atoms with Gasteiger partial charge >= 0.3 is 0 Å². The monoisotopic (exact) mass is 467 g/mol. The number of aryl methyl sites for hydroxylation is 1. The first kappa shape index (κ1) is 21.7. The van der Waals surface area contributed by atoms with E-state index in [1.807, 2.05) is 6.92 Å². The minimum Gasteiger partial charge on any atom is -0.298 e. The largest absolute Gasteiger partial charge is 0.298 e. The third kappa shape index (κ3) is 5.01. The summed E-state index contributed by atoms with van der Waals surface area (Å²) in [5.41, 5.74) is 2.84. The molecule has 32 heavy (non-hydrogen) atoms. The quantitative estimate of drug-likeness (QED) is 0.402. The van der Waals surface area contributed by atoms with E-state index in [4.69, 9.17) is 0 Å². The molecule has 0 unspecified atom stereocenters. The molecule has 0 aliphatic heterocycles. The van der Waals surface area contributed by atoms with Crippen molar-refractivity contribution in [3.63, 3.8) is 0 Å². The fourth-order valence-electron chi connectivity index (χ4n) is 2.91. The number of carbonyl (C=O) groups is 1. The third-order valence-corrected chi connectivity index (χ3v) is 6.73. The van der Waals surface area contributed by atoms with Crippen LogP contribution in [0.1, 0.15) is 15.9 Å². The topological polar surface area (TPSA) is 88.2 Å². The van der Waals surface area contributed by atoms with Gasteiger partial charge < -0.3 is 0 Å². The second-order valence-electron chi connectivity index (χ2n) is 7.00. The Labute approximate surface area is 188 Å². The molecule has 0 saturated carbocycles. The standard InChI is InChI=1S/C23H18FN3O3S2/c1-15-5-11-20(12-6-15)32(29,30)27-19-4-2-3-17(13-19)22(28)26-23-25-21(14-31-23)16-7-9-18(24)10-8-16/h2-14,27H,1H3,(H,25,26,28). The van der Waals surface area contributed by atoms with Crippen molar-refractivity contribution in [2.24, 2.45) is 0 Å². The number of nitrogens with one attached hydrogen (secondary N) is 2. The smallest absolute Gasteiger partial charge is 0.261 e. The van der Waals surface area contributed by atoms with Gasteiger partial charge in [-0.15, -0.1) is 11.3 Å². The maximum absolute atomic E-state index is 13.1. The number of thiazole rings is 1. The van der Waals surface area contributed by atoms with Crippen LogP contribution in [0.25, 0.3) is 11.3 Å². The third-order valence-electron chi connectivity index (χ3n) is 4.57. The van der Waals surface area contributed by atoms with E-state index in [0.717, 1.165) is 11.1 Å². The molecule has 0 aliphatic carbocycles. The molecule has 0 spiro atoms. The van der Waals surface area contributed by atoms with Gasteiger partial charge in [0.15, 0.2) is 5.13 Å². The van der Waals surface area contributed by atoms with Crippen molar-refractivity contribution in [2.45, 2.75) is 11.8 Å². The number of hydrogen-bond donors (Lipinski definition) is 2. The van der Waals surface area contributed by atoms with Gasteiger partial charge in [-0.3, -0.25) is 14.8 Å². The van der Waals surface area contributed by atoms with Crippen molar-refractivity contribution < 1.29 is 17.6 Å². The summed E-state index contributed by atoms with van der Waals surface area (Å²) >= 11 is 1.24. The van der Waals surface area contributed by atoms with Crippen molar-refractivity contribution >= 4 is 38.1 Å². The van der Waals surface area contributed by atoms with E-state index in [2.05, 4.69) is 15.0 Å². The van der Waals surface area contributed by atoms with Gasteiger partial charge in [0.25, 0.3) is 15.9 Å². The van der Waals surface area contributed by atoms with Gasteiger partial charge in [0.1, 0.15) is 5.82 Å². The number of carbonyl (C=O) groups excluding carboxylic acids is 1. The van der Waals surface area contributed by atoms with E-state index < -0.39 is 15.9 Å². The van der Waals surface area contributed by atoms with Crippen molar-refractivity contribution in [1.82, 2.24) is 4.98 Å². The van der Waals surface area contributed by atoms with Crippen LogP contribution in [0.4, 0.5) is 15.2 Å². The van der Waals surface area contributed by atoms with Crippen molar-refractivity contribution in [2.75, 3.05) is 10.0 Å². The first-order valence-electron chi connectivity index (χ1n) is 9.52. The number of benzene rings is 3. The summed E-state index contributed by atoms with van der Waals surface area (Å²) in [5, 5.41) is 4.84. The first-order valence-corrected chi connectivity index (χ1v) is 11.9. The van der Waals surface area contributed by atoms with Crippen LogP contribution in [-0.2, 0) is 10.0 Å². The highest BCUT2D eigenvalue weighted by atomic mass is 32.2. The molecule has 2 N–H and O–H groups in total. The summed E-state index contributed by atoms with van der Waals surface area (Å²) in [7, 11) is -3.78. The van der Waals surface area contributed by atoms with E-state index in [9.17, 15) is 17.6 Å². The lowest BCUT2D eigenvalue weighted by Crippen LogP contribution is -2.15. The summed E-state index contributed by atoms with van der Waals surface area (Å²) in [6.07, 6.45) is 0. The number of anilines is 2. The fourth-order valence-corrected chi connectivity index (χ4v) is 4.67. The number of amides is 1. The highest BCUT2D eigenvalue weighted by molar-refractivity contribution is 7.92. The molecule has 6 nitrogen and oxygen atoms in total. The highest BCUT2D eigenvalue weighted by Crippen LogP contribution is 2.26. The fraction of sp³-hybridized carbons (Fsp3) is 0.0435. The predicted octanol–water partition coefficient (Wildman–Crippen LogP) is 5.31. The van der Waals surface area contributed by atoms with Crippen LogP contribution in [0.3, 0.4) is 0 Å². The Balaban J connectivity index is 1.48. The van der Waals surface area contributed by atoms with Crippen LogP contribution >= 0.6 is 11.3 Å². The molecule has 0 aliphatic rings. The molecule has 3 aromatic carbocycles. The average Bonchev–Trinajstić information content (AvgIpc) is 3.23. The normalized spacial score (nSPS) is 11.2. The lowest BCUT2D eigenvalue weighted by atomic mass is 10.2. The number of halogens is 1. The van der Waals surface area contributed by atoms with Crippen molar-refractivity contribution in [3.8, 4) is 11.3 Å². The molecule has 1 heterocycles.